The number of hydrogen-bond acceptors (Lipinski definition) is 6. The predicted octanol–water partition coefficient (Wildman–Crippen LogP) is 4.01. The molecule has 1 N–H and O–H groups in total. The standard InChI is InChI=1S/C23H24N2O5/c1-15-5-8-17(9-6-15)19-13-18(25-30-19)14-24-22(26)10-7-16-11-20(27-2)23(29-4)21(12-16)28-3/h5-13H,14H2,1-4H3,(H,24,26)/b10-7+. The van der Waals surface area contributed by atoms with Crippen molar-refractivity contribution in [2.45, 2.75) is 13.5 Å². The van der Waals surface area contributed by atoms with Crippen LogP contribution in [0.5, 0.6) is 17.2 Å². The van der Waals surface area contributed by atoms with E-state index in [1.54, 1.807) is 32.4 Å². The Kier molecular flexibility index (Phi) is 6.75. The number of methoxy groups -OCH3 is 3. The molecular weight excluding hydrogens is 384 g/mol. The van der Waals surface area contributed by atoms with Gasteiger partial charge in [0.15, 0.2) is 17.3 Å². The van der Waals surface area contributed by atoms with Crippen LogP contribution in [0.15, 0.2) is 53.1 Å². The molecule has 0 aliphatic rings. The molecule has 3 aromatic rings. The summed E-state index contributed by atoms with van der Waals surface area (Å²) in [6.45, 7) is 2.28. The highest BCUT2D eigenvalue weighted by Crippen LogP contribution is 2.38. The van der Waals surface area contributed by atoms with Gasteiger partial charge in [0.05, 0.1) is 27.9 Å². The Morgan fingerprint density at radius 1 is 1.03 bits per heavy atom. The van der Waals surface area contributed by atoms with Crippen LogP contribution in [0.25, 0.3) is 17.4 Å². The van der Waals surface area contributed by atoms with Gasteiger partial charge in [-0.25, -0.2) is 0 Å². The molecule has 156 valence electrons. The van der Waals surface area contributed by atoms with Crippen molar-refractivity contribution < 1.29 is 23.5 Å². The van der Waals surface area contributed by atoms with E-state index >= 15 is 0 Å². The smallest absolute Gasteiger partial charge is 0.244 e. The fraction of sp³-hybridized carbons (Fsp3) is 0.217. The van der Waals surface area contributed by atoms with Gasteiger partial charge in [-0.05, 0) is 30.7 Å². The fourth-order valence-corrected chi connectivity index (χ4v) is 2.86. The first-order valence-corrected chi connectivity index (χ1v) is 9.32. The Bertz CT molecular complexity index is 1010. The summed E-state index contributed by atoms with van der Waals surface area (Å²) in [4.78, 5) is 12.2. The summed E-state index contributed by atoms with van der Waals surface area (Å²) >= 11 is 0. The molecule has 0 atom stereocenters. The lowest BCUT2D eigenvalue weighted by Crippen LogP contribution is -2.20. The molecule has 7 heteroatoms. The van der Waals surface area contributed by atoms with Crippen LogP contribution in [-0.2, 0) is 11.3 Å². The van der Waals surface area contributed by atoms with E-state index in [0.717, 1.165) is 11.1 Å². The number of aromatic nitrogens is 1. The number of nitrogens with one attached hydrogen (secondary N) is 1. The Balaban J connectivity index is 1.62. The second-order valence-corrected chi connectivity index (χ2v) is 6.56. The van der Waals surface area contributed by atoms with E-state index in [1.165, 1.54) is 18.7 Å². The molecule has 0 saturated carbocycles. The third-order valence-electron chi connectivity index (χ3n) is 4.45. The van der Waals surface area contributed by atoms with Crippen LogP contribution in [0, 0.1) is 6.92 Å². The minimum atomic E-state index is -0.261. The van der Waals surface area contributed by atoms with Gasteiger partial charge >= 0.3 is 0 Å². The first kappa shape index (κ1) is 21.0. The molecule has 1 amide bonds. The lowest BCUT2D eigenvalue weighted by Gasteiger charge is -2.12. The number of ether oxygens (including phenoxy) is 3. The highest BCUT2D eigenvalue weighted by atomic mass is 16.5. The van der Waals surface area contributed by atoms with Gasteiger partial charge < -0.3 is 24.1 Å². The van der Waals surface area contributed by atoms with Crippen molar-refractivity contribution in [2.75, 3.05) is 21.3 Å². The average molecular weight is 408 g/mol. The topological polar surface area (TPSA) is 82.8 Å². The van der Waals surface area contributed by atoms with E-state index in [2.05, 4.69) is 10.5 Å². The quantitative estimate of drug-likeness (QED) is 0.567. The molecule has 3 rings (SSSR count). The van der Waals surface area contributed by atoms with Gasteiger partial charge in [0.1, 0.15) is 5.69 Å². The van der Waals surface area contributed by atoms with Crippen molar-refractivity contribution in [3.05, 3.63) is 65.4 Å². The van der Waals surface area contributed by atoms with Crippen LogP contribution in [0.1, 0.15) is 16.8 Å². The minimum absolute atomic E-state index is 0.258. The van der Waals surface area contributed by atoms with Crippen LogP contribution in [0.3, 0.4) is 0 Å². The van der Waals surface area contributed by atoms with Gasteiger partial charge in [-0.1, -0.05) is 35.0 Å². The fourth-order valence-electron chi connectivity index (χ4n) is 2.86. The van der Waals surface area contributed by atoms with Crippen LogP contribution in [0.4, 0.5) is 0 Å². The average Bonchev–Trinajstić information content (AvgIpc) is 3.24. The van der Waals surface area contributed by atoms with E-state index in [0.29, 0.717) is 28.7 Å². The van der Waals surface area contributed by atoms with Crippen molar-refractivity contribution in [1.29, 1.82) is 0 Å². The van der Waals surface area contributed by atoms with Crippen molar-refractivity contribution in [2.24, 2.45) is 0 Å². The summed E-state index contributed by atoms with van der Waals surface area (Å²) in [6.07, 6.45) is 3.10. The molecule has 7 nitrogen and oxygen atoms in total. The Hall–Kier alpha value is -3.74. The third kappa shape index (κ3) is 5.00. The number of hydrogen-bond donors (Lipinski definition) is 1. The molecule has 0 radical (unpaired) electrons. The number of rotatable bonds is 8. The normalized spacial score (nSPS) is 10.8. The minimum Gasteiger partial charge on any atom is -0.493 e. The van der Waals surface area contributed by atoms with Gasteiger partial charge in [-0.15, -0.1) is 0 Å². The molecule has 0 aliphatic heterocycles. The summed E-state index contributed by atoms with van der Waals surface area (Å²) in [5.74, 6) is 1.93. The van der Waals surface area contributed by atoms with Crippen molar-refractivity contribution in [3.8, 4) is 28.6 Å². The molecule has 0 bridgehead atoms. The number of carbonyl (C=O) groups excluding carboxylic acids is 1. The second kappa shape index (κ2) is 9.65. The molecular formula is C23H24N2O5. The lowest BCUT2D eigenvalue weighted by atomic mass is 10.1. The zero-order valence-electron chi connectivity index (χ0n) is 17.4. The van der Waals surface area contributed by atoms with E-state index in [1.807, 2.05) is 37.3 Å². The highest BCUT2D eigenvalue weighted by Gasteiger charge is 2.12. The molecule has 30 heavy (non-hydrogen) atoms. The SMILES string of the molecule is COc1cc(/C=C/C(=O)NCc2cc(-c3ccc(C)cc3)on2)cc(OC)c1OC. The summed E-state index contributed by atoms with van der Waals surface area (Å²) in [7, 11) is 4.62. The monoisotopic (exact) mass is 408 g/mol. The summed E-state index contributed by atoms with van der Waals surface area (Å²) < 4.78 is 21.3. The lowest BCUT2D eigenvalue weighted by molar-refractivity contribution is -0.116. The van der Waals surface area contributed by atoms with E-state index in [9.17, 15) is 4.79 Å². The molecule has 0 fully saturated rings. The van der Waals surface area contributed by atoms with Gasteiger partial charge in [0, 0.05) is 17.7 Å². The van der Waals surface area contributed by atoms with Gasteiger partial charge in [0.2, 0.25) is 11.7 Å². The summed E-state index contributed by atoms with van der Waals surface area (Å²) in [5, 5.41) is 6.80. The van der Waals surface area contributed by atoms with Crippen LogP contribution in [0.2, 0.25) is 0 Å². The molecule has 0 spiro atoms. The number of aryl methyl sites for hydroxylation is 1. The zero-order chi connectivity index (χ0) is 21.5. The van der Waals surface area contributed by atoms with Gasteiger partial charge in [-0.2, -0.15) is 0 Å². The van der Waals surface area contributed by atoms with E-state index in [-0.39, 0.29) is 12.5 Å². The first-order valence-electron chi connectivity index (χ1n) is 9.32. The molecule has 2 aromatic carbocycles. The number of nitrogens with zero attached hydrogens (tertiary/aromatic N) is 1. The van der Waals surface area contributed by atoms with Crippen LogP contribution >= 0.6 is 0 Å². The van der Waals surface area contributed by atoms with E-state index < -0.39 is 0 Å². The van der Waals surface area contributed by atoms with Crippen LogP contribution < -0.4 is 19.5 Å². The van der Waals surface area contributed by atoms with Crippen molar-refractivity contribution in [3.63, 3.8) is 0 Å². The zero-order valence-corrected chi connectivity index (χ0v) is 17.4. The van der Waals surface area contributed by atoms with Crippen LogP contribution in [-0.4, -0.2) is 32.4 Å². The summed E-state index contributed by atoms with van der Waals surface area (Å²) in [5.41, 5.74) is 3.49. The number of amides is 1. The Morgan fingerprint density at radius 2 is 1.70 bits per heavy atom. The largest absolute Gasteiger partial charge is 0.493 e. The molecule has 0 unspecified atom stereocenters. The molecule has 1 aromatic heterocycles. The summed E-state index contributed by atoms with van der Waals surface area (Å²) in [6, 6.07) is 13.3. The highest BCUT2D eigenvalue weighted by molar-refractivity contribution is 5.91. The van der Waals surface area contributed by atoms with Crippen molar-refractivity contribution >= 4 is 12.0 Å². The Morgan fingerprint density at radius 3 is 2.30 bits per heavy atom. The first-order chi connectivity index (χ1) is 14.5. The molecule has 1 heterocycles. The van der Waals surface area contributed by atoms with Gasteiger partial charge in [-0.3, -0.25) is 4.79 Å². The third-order valence-corrected chi connectivity index (χ3v) is 4.45. The maximum absolute atomic E-state index is 12.2. The predicted molar refractivity (Wildman–Crippen MR) is 114 cm³/mol. The maximum Gasteiger partial charge on any atom is 0.244 e. The van der Waals surface area contributed by atoms with E-state index in [4.69, 9.17) is 18.7 Å². The Labute approximate surface area is 175 Å². The second-order valence-electron chi connectivity index (χ2n) is 6.56. The van der Waals surface area contributed by atoms with Gasteiger partial charge in [0.25, 0.3) is 0 Å². The van der Waals surface area contributed by atoms with Crippen molar-refractivity contribution in [1.82, 2.24) is 10.5 Å². The molecule has 0 aliphatic carbocycles. The number of carbonyl (C=O) groups is 1. The number of benzene rings is 2. The molecule has 0 saturated heterocycles. The maximum atomic E-state index is 12.2.